The molecule has 0 radical (unpaired) electrons. The molecule has 0 saturated carbocycles. The molecule has 0 amide bonds. The molecule has 1 aromatic heterocycles. The zero-order chi connectivity index (χ0) is 9.97. The monoisotopic (exact) mass is 192 g/mol. The predicted octanol–water partition coefficient (Wildman–Crippen LogP) is 2.34. The highest BCUT2D eigenvalue weighted by Gasteiger charge is 2.14. The predicted molar refractivity (Wildman–Crippen MR) is 56.1 cm³/mol. The number of hydrogen-bond acceptors (Lipinski definition) is 2. The third kappa shape index (κ3) is 1.73. The Bertz CT molecular complexity index is 339. The zero-order valence-corrected chi connectivity index (χ0v) is 8.71. The Hall–Kier alpha value is -1.09. The van der Waals surface area contributed by atoms with E-state index >= 15 is 0 Å². The summed E-state index contributed by atoms with van der Waals surface area (Å²) >= 11 is 0. The van der Waals surface area contributed by atoms with E-state index in [1.54, 1.807) is 0 Å². The van der Waals surface area contributed by atoms with Crippen molar-refractivity contribution in [3.8, 4) is 0 Å². The molecule has 0 aromatic carbocycles. The topological polar surface area (TPSA) is 37.9 Å². The van der Waals surface area contributed by atoms with E-state index in [2.05, 4.69) is 30.1 Å². The molecule has 1 aliphatic heterocycles. The molecule has 14 heavy (non-hydrogen) atoms. The molecule has 2 rings (SSSR count). The van der Waals surface area contributed by atoms with E-state index in [9.17, 15) is 0 Å². The van der Waals surface area contributed by atoms with Gasteiger partial charge in [-0.3, -0.25) is 5.10 Å². The van der Waals surface area contributed by atoms with Gasteiger partial charge in [0, 0.05) is 0 Å². The molecule has 1 aliphatic rings. The fourth-order valence-corrected chi connectivity index (χ4v) is 1.74. The maximum atomic E-state index is 5.29. The summed E-state index contributed by atoms with van der Waals surface area (Å²) in [6.45, 7) is 5.93. The van der Waals surface area contributed by atoms with Crippen LogP contribution in [0.5, 0.6) is 0 Å². The SMILES string of the molecule is CC(C)c1cn[nH]c1C1=CCOCC1. The maximum Gasteiger partial charge on any atom is 0.0654 e. The minimum absolute atomic E-state index is 0.521. The van der Waals surface area contributed by atoms with Gasteiger partial charge in [0.15, 0.2) is 0 Å². The number of rotatable bonds is 2. The molecule has 0 aliphatic carbocycles. The van der Waals surface area contributed by atoms with E-state index in [4.69, 9.17) is 4.74 Å². The van der Waals surface area contributed by atoms with Crippen molar-refractivity contribution in [1.82, 2.24) is 10.2 Å². The van der Waals surface area contributed by atoms with E-state index in [1.165, 1.54) is 16.8 Å². The van der Waals surface area contributed by atoms with Crippen LogP contribution in [0.4, 0.5) is 0 Å². The van der Waals surface area contributed by atoms with E-state index in [0.717, 1.165) is 19.6 Å². The van der Waals surface area contributed by atoms with Crippen LogP contribution in [-0.2, 0) is 4.74 Å². The van der Waals surface area contributed by atoms with Crippen LogP contribution in [0, 0.1) is 0 Å². The van der Waals surface area contributed by atoms with Crippen molar-refractivity contribution in [3.63, 3.8) is 0 Å². The van der Waals surface area contributed by atoms with Gasteiger partial charge < -0.3 is 4.74 Å². The van der Waals surface area contributed by atoms with Crippen LogP contribution in [-0.4, -0.2) is 23.4 Å². The quantitative estimate of drug-likeness (QED) is 0.781. The molecule has 76 valence electrons. The first-order chi connectivity index (χ1) is 6.79. The standard InChI is InChI=1S/C11H16N2O/c1-8(2)10-7-12-13-11(10)9-3-5-14-6-4-9/h3,7-8H,4-6H2,1-2H3,(H,12,13). The molecule has 0 fully saturated rings. The van der Waals surface area contributed by atoms with Crippen molar-refractivity contribution in [2.75, 3.05) is 13.2 Å². The Morgan fingerprint density at radius 2 is 2.36 bits per heavy atom. The first-order valence-corrected chi connectivity index (χ1v) is 5.09. The highest BCUT2D eigenvalue weighted by molar-refractivity contribution is 5.66. The molecule has 0 bridgehead atoms. The van der Waals surface area contributed by atoms with Crippen molar-refractivity contribution >= 4 is 5.57 Å². The summed E-state index contributed by atoms with van der Waals surface area (Å²) < 4.78 is 5.29. The van der Waals surface area contributed by atoms with Crippen LogP contribution in [0.1, 0.15) is 37.4 Å². The van der Waals surface area contributed by atoms with Gasteiger partial charge in [0.2, 0.25) is 0 Å². The number of ether oxygens (including phenoxy) is 1. The molecule has 0 unspecified atom stereocenters. The number of H-pyrrole nitrogens is 1. The van der Waals surface area contributed by atoms with Gasteiger partial charge in [-0.05, 0) is 23.5 Å². The van der Waals surface area contributed by atoms with Gasteiger partial charge >= 0.3 is 0 Å². The summed E-state index contributed by atoms with van der Waals surface area (Å²) in [4.78, 5) is 0. The second kappa shape index (κ2) is 3.96. The fourth-order valence-electron chi connectivity index (χ4n) is 1.74. The molecular weight excluding hydrogens is 176 g/mol. The highest BCUT2D eigenvalue weighted by Crippen LogP contribution is 2.26. The Morgan fingerprint density at radius 3 is 3.00 bits per heavy atom. The summed E-state index contributed by atoms with van der Waals surface area (Å²) in [7, 11) is 0. The number of aromatic nitrogens is 2. The van der Waals surface area contributed by atoms with E-state index in [-0.39, 0.29) is 0 Å². The fraction of sp³-hybridized carbons (Fsp3) is 0.545. The summed E-state index contributed by atoms with van der Waals surface area (Å²) in [5.41, 5.74) is 3.85. The van der Waals surface area contributed by atoms with Crippen LogP contribution < -0.4 is 0 Å². The van der Waals surface area contributed by atoms with Crippen molar-refractivity contribution in [2.45, 2.75) is 26.2 Å². The van der Waals surface area contributed by atoms with E-state index in [1.807, 2.05) is 6.20 Å². The van der Waals surface area contributed by atoms with Crippen molar-refractivity contribution in [1.29, 1.82) is 0 Å². The third-order valence-corrected chi connectivity index (χ3v) is 2.58. The lowest BCUT2D eigenvalue weighted by Gasteiger charge is -2.14. The van der Waals surface area contributed by atoms with Crippen molar-refractivity contribution in [2.24, 2.45) is 0 Å². The first kappa shape index (κ1) is 9.46. The van der Waals surface area contributed by atoms with Crippen LogP contribution in [0.25, 0.3) is 5.57 Å². The van der Waals surface area contributed by atoms with E-state index < -0.39 is 0 Å². The Kier molecular flexibility index (Phi) is 2.68. The van der Waals surface area contributed by atoms with Gasteiger partial charge in [0.1, 0.15) is 0 Å². The molecule has 2 heterocycles. The number of aromatic amines is 1. The van der Waals surface area contributed by atoms with E-state index in [0.29, 0.717) is 5.92 Å². The molecule has 0 atom stereocenters. The zero-order valence-electron chi connectivity index (χ0n) is 8.71. The molecule has 1 N–H and O–H groups in total. The maximum absolute atomic E-state index is 5.29. The Morgan fingerprint density at radius 1 is 1.50 bits per heavy atom. The minimum Gasteiger partial charge on any atom is -0.377 e. The summed E-state index contributed by atoms with van der Waals surface area (Å²) in [6, 6.07) is 0. The van der Waals surface area contributed by atoms with Gasteiger partial charge in [-0.2, -0.15) is 5.10 Å². The number of nitrogens with one attached hydrogen (secondary N) is 1. The van der Waals surface area contributed by atoms with Crippen LogP contribution >= 0.6 is 0 Å². The largest absolute Gasteiger partial charge is 0.377 e. The minimum atomic E-state index is 0.521. The molecular formula is C11H16N2O. The Balaban J connectivity index is 2.30. The second-order valence-corrected chi connectivity index (χ2v) is 3.91. The summed E-state index contributed by atoms with van der Waals surface area (Å²) in [5.74, 6) is 0.521. The van der Waals surface area contributed by atoms with Crippen LogP contribution in [0.3, 0.4) is 0 Å². The van der Waals surface area contributed by atoms with Crippen molar-refractivity contribution in [3.05, 3.63) is 23.5 Å². The van der Waals surface area contributed by atoms with Gasteiger partial charge in [-0.25, -0.2) is 0 Å². The third-order valence-electron chi connectivity index (χ3n) is 2.58. The molecule has 0 spiro atoms. The molecule has 3 nitrogen and oxygen atoms in total. The smallest absolute Gasteiger partial charge is 0.0654 e. The summed E-state index contributed by atoms with van der Waals surface area (Å²) in [5, 5.41) is 7.19. The van der Waals surface area contributed by atoms with Gasteiger partial charge in [0.05, 0.1) is 25.1 Å². The highest BCUT2D eigenvalue weighted by atomic mass is 16.5. The lowest BCUT2D eigenvalue weighted by molar-refractivity contribution is 0.161. The lowest BCUT2D eigenvalue weighted by Crippen LogP contribution is -2.05. The van der Waals surface area contributed by atoms with Crippen LogP contribution in [0.2, 0.25) is 0 Å². The lowest BCUT2D eigenvalue weighted by atomic mass is 9.97. The van der Waals surface area contributed by atoms with Crippen LogP contribution in [0.15, 0.2) is 12.3 Å². The molecule has 1 aromatic rings. The summed E-state index contributed by atoms with van der Waals surface area (Å²) in [6.07, 6.45) is 5.06. The number of hydrogen-bond donors (Lipinski definition) is 1. The molecule has 3 heteroatoms. The average Bonchev–Trinajstić information content (AvgIpc) is 2.67. The number of nitrogens with zero attached hydrogens (tertiary/aromatic N) is 1. The Labute approximate surface area is 84.2 Å². The second-order valence-electron chi connectivity index (χ2n) is 3.91. The first-order valence-electron chi connectivity index (χ1n) is 5.09. The molecule has 0 saturated heterocycles. The van der Waals surface area contributed by atoms with Crippen molar-refractivity contribution < 1.29 is 4.74 Å². The van der Waals surface area contributed by atoms with Gasteiger partial charge in [0.25, 0.3) is 0 Å². The van der Waals surface area contributed by atoms with Gasteiger partial charge in [-0.1, -0.05) is 19.9 Å². The average molecular weight is 192 g/mol. The normalized spacial score (nSPS) is 17.2. The van der Waals surface area contributed by atoms with Gasteiger partial charge in [-0.15, -0.1) is 0 Å².